The van der Waals surface area contributed by atoms with Gasteiger partial charge in [-0.15, -0.1) is 0 Å². The molecule has 0 N–H and O–H groups in total. The van der Waals surface area contributed by atoms with Crippen LogP contribution in [0.2, 0.25) is 5.02 Å². The number of aryl methyl sites for hydroxylation is 1. The molecule has 3 rings (SSSR count). The van der Waals surface area contributed by atoms with Crippen LogP contribution in [0.5, 0.6) is 0 Å². The number of carbonyl (C=O) groups excluding carboxylic acids is 2. The second-order valence-corrected chi connectivity index (χ2v) is 5.35. The van der Waals surface area contributed by atoms with E-state index in [-0.39, 0.29) is 18.5 Å². The summed E-state index contributed by atoms with van der Waals surface area (Å²) in [5.74, 6) is -0.236. The van der Waals surface area contributed by atoms with E-state index in [2.05, 4.69) is 0 Å². The number of anilines is 2. The van der Waals surface area contributed by atoms with Gasteiger partial charge in [0.1, 0.15) is 6.54 Å². The second-order valence-electron chi connectivity index (χ2n) is 4.91. The third kappa shape index (κ3) is 2.50. The Balaban J connectivity index is 1.94. The minimum absolute atomic E-state index is 0.0361. The van der Waals surface area contributed by atoms with Gasteiger partial charge in [-0.1, -0.05) is 23.7 Å². The average molecular weight is 301 g/mol. The van der Waals surface area contributed by atoms with Crippen LogP contribution in [-0.2, 0) is 4.79 Å². The molecule has 0 aromatic heterocycles. The monoisotopic (exact) mass is 300 g/mol. The van der Waals surface area contributed by atoms with Gasteiger partial charge in [-0.05, 0) is 48.9 Å². The van der Waals surface area contributed by atoms with Crippen molar-refractivity contribution in [3.8, 4) is 0 Å². The van der Waals surface area contributed by atoms with Gasteiger partial charge in [0, 0.05) is 10.7 Å². The molecular weight excluding hydrogens is 288 g/mol. The summed E-state index contributed by atoms with van der Waals surface area (Å²) in [4.78, 5) is 27.4. The highest BCUT2D eigenvalue weighted by Crippen LogP contribution is 2.27. The number of hydrogen-bond acceptors (Lipinski definition) is 2. The van der Waals surface area contributed by atoms with E-state index in [1.54, 1.807) is 30.3 Å². The molecule has 0 bridgehead atoms. The van der Waals surface area contributed by atoms with Gasteiger partial charge in [-0.25, -0.2) is 9.69 Å². The number of urea groups is 1. The van der Waals surface area contributed by atoms with Crippen LogP contribution < -0.4 is 9.80 Å². The first-order valence-corrected chi connectivity index (χ1v) is 6.91. The van der Waals surface area contributed by atoms with Crippen LogP contribution in [0.3, 0.4) is 0 Å². The smallest absolute Gasteiger partial charge is 0.284 e. The van der Waals surface area contributed by atoms with E-state index >= 15 is 0 Å². The van der Waals surface area contributed by atoms with Crippen molar-refractivity contribution in [3.63, 3.8) is 0 Å². The van der Waals surface area contributed by atoms with Crippen LogP contribution in [0, 0.1) is 6.92 Å². The van der Waals surface area contributed by atoms with Crippen LogP contribution >= 0.6 is 11.6 Å². The maximum atomic E-state index is 12.5. The summed E-state index contributed by atoms with van der Waals surface area (Å²) in [7, 11) is 0. The van der Waals surface area contributed by atoms with E-state index in [0.717, 1.165) is 5.56 Å². The van der Waals surface area contributed by atoms with Crippen LogP contribution in [-0.4, -0.2) is 18.5 Å². The molecule has 106 valence electrons. The van der Waals surface area contributed by atoms with Gasteiger partial charge >= 0.3 is 6.03 Å². The standard InChI is InChI=1S/C16H13ClN2O2/c1-11-3-2-4-14(9-11)19-15(20)10-18(16(19)21)13-7-5-12(17)6-8-13/h2-9H,10H2,1H3. The van der Waals surface area contributed by atoms with E-state index in [4.69, 9.17) is 11.6 Å². The number of halogens is 1. The zero-order chi connectivity index (χ0) is 15.0. The number of nitrogens with zero attached hydrogens (tertiary/aromatic N) is 2. The molecule has 1 aliphatic heterocycles. The molecule has 1 saturated heterocycles. The molecule has 0 unspecified atom stereocenters. The van der Waals surface area contributed by atoms with Crippen molar-refractivity contribution in [1.29, 1.82) is 0 Å². The van der Waals surface area contributed by atoms with Gasteiger partial charge in [-0.3, -0.25) is 9.69 Å². The first-order valence-electron chi connectivity index (χ1n) is 6.53. The van der Waals surface area contributed by atoms with E-state index in [1.807, 2.05) is 25.1 Å². The highest BCUT2D eigenvalue weighted by molar-refractivity contribution is 6.31. The van der Waals surface area contributed by atoms with Crippen molar-refractivity contribution in [2.45, 2.75) is 6.92 Å². The SMILES string of the molecule is Cc1cccc(N2C(=O)CN(c3ccc(Cl)cc3)C2=O)c1. The summed E-state index contributed by atoms with van der Waals surface area (Å²) >= 11 is 5.84. The molecule has 0 spiro atoms. The van der Waals surface area contributed by atoms with Gasteiger partial charge < -0.3 is 0 Å². The molecule has 1 aliphatic rings. The Morgan fingerprint density at radius 1 is 1.00 bits per heavy atom. The molecule has 0 saturated carbocycles. The largest absolute Gasteiger partial charge is 0.336 e. The predicted molar refractivity (Wildman–Crippen MR) is 82.9 cm³/mol. The Labute approximate surface area is 127 Å². The third-order valence-electron chi connectivity index (χ3n) is 3.36. The molecule has 0 aliphatic carbocycles. The van der Waals surface area contributed by atoms with E-state index in [9.17, 15) is 9.59 Å². The minimum atomic E-state index is -0.340. The fourth-order valence-corrected chi connectivity index (χ4v) is 2.47. The van der Waals surface area contributed by atoms with Crippen molar-refractivity contribution in [1.82, 2.24) is 0 Å². The quantitative estimate of drug-likeness (QED) is 0.795. The van der Waals surface area contributed by atoms with E-state index in [0.29, 0.717) is 16.4 Å². The summed E-state index contributed by atoms with van der Waals surface area (Å²) in [5, 5.41) is 0.590. The van der Waals surface area contributed by atoms with Gasteiger partial charge in [0.15, 0.2) is 0 Å². The average Bonchev–Trinajstić information content (AvgIpc) is 2.75. The third-order valence-corrected chi connectivity index (χ3v) is 3.62. The Morgan fingerprint density at radius 3 is 2.38 bits per heavy atom. The molecule has 5 heteroatoms. The molecule has 1 heterocycles. The van der Waals surface area contributed by atoms with E-state index in [1.165, 1.54) is 9.80 Å². The van der Waals surface area contributed by atoms with Crippen molar-refractivity contribution >= 4 is 34.9 Å². The molecule has 0 radical (unpaired) electrons. The summed E-state index contributed by atoms with van der Waals surface area (Å²) in [6.45, 7) is 1.96. The zero-order valence-electron chi connectivity index (χ0n) is 11.4. The lowest BCUT2D eigenvalue weighted by molar-refractivity contribution is -0.115. The van der Waals surface area contributed by atoms with Crippen LogP contribution in [0.25, 0.3) is 0 Å². The predicted octanol–water partition coefficient (Wildman–Crippen LogP) is 3.62. The number of benzene rings is 2. The van der Waals surface area contributed by atoms with Gasteiger partial charge in [-0.2, -0.15) is 0 Å². The molecule has 4 nitrogen and oxygen atoms in total. The summed E-state index contributed by atoms with van der Waals surface area (Å²) in [5.41, 5.74) is 2.26. The molecular formula is C16H13ClN2O2. The minimum Gasteiger partial charge on any atom is -0.284 e. The van der Waals surface area contributed by atoms with Crippen molar-refractivity contribution < 1.29 is 9.59 Å². The number of rotatable bonds is 2. The number of hydrogen-bond donors (Lipinski definition) is 0. The number of imide groups is 1. The Morgan fingerprint density at radius 2 is 1.71 bits per heavy atom. The molecule has 1 fully saturated rings. The van der Waals surface area contributed by atoms with E-state index < -0.39 is 0 Å². The van der Waals surface area contributed by atoms with Gasteiger partial charge in [0.05, 0.1) is 5.69 Å². The fraction of sp³-hybridized carbons (Fsp3) is 0.125. The number of carbonyl (C=O) groups is 2. The lowest BCUT2D eigenvalue weighted by atomic mass is 10.2. The summed E-state index contributed by atoms with van der Waals surface area (Å²) < 4.78 is 0. The van der Waals surface area contributed by atoms with Crippen LogP contribution in [0.15, 0.2) is 48.5 Å². The lowest BCUT2D eigenvalue weighted by Crippen LogP contribution is -2.33. The highest BCUT2D eigenvalue weighted by atomic mass is 35.5. The zero-order valence-corrected chi connectivity index (χ0v) is 12.2. The second kappa shape index (κ2) is 5.22. The Hall–Kier alpha value is -2.33. The number of amides is 3. The topological polar surface area (TPSA) is 40.6 Å². The summed E-state index contributed by atoms with van der Waals surface area (Å²) in [6.07, 6.45) is 0. The maximum Gasteiger partial charge on any atom is 0.336 e. The van der Waals surface area contributed by atoms with Crippen molar-refractivity contribution in [2.75, 3.05) is 16.3 Å². The molecule has 2 aromatic carbocycles. The van der Waals surface area contributed by atoms with Gasteiger partial charge in [0.25, 0.3) is 5.91 Å². The highest BCUT2D eigenvalue weighted by Gasteiger charge is 2.37. The molecule has 0 atom stereocenters. The lowest BCUT2D eigenvalue weighted by Gasteiger charge is -2.17. The van der Waals surface area contributed by atoms with Gasteiger partial charge in [0.2, 0.25) is 0 Å². The first-order chi connectivity index (χ1) is 10.1. The molecule has 3 amide bonds. The van der Waals surface area contributed by atoms with Crippen molar-refractivity contribution in [3.05, 3.63) is 59.1 Å². The summed E-state index contributed by atoms with van der Waals surface area (Å²) in [6, 6.07) is 13.8. The van der Waals surface area contributed by atoms with Crippen molar-refractivity contribution in [2.24, 2.45) is 0 Å². The maximum absolute atomic E-state index is 12.5. The molecule has 2 aromatic rings. The Bertz CT molecular complexity index is 712. The fourth-order valence-electron chi connectivity index (χ4n) is 2.35. The van der Waals surface area contributed by atoms with Crippen LogP contribution in [0.4, 0.5) is 16.2 Å². The van der Waals surface area contributed by atoms with Crippen LogP contribution in [0.1, 0.15) is 5.56 Å². The molecule has 21 heavy (non-hydrogen) atoms. The normalized spacial score (nSPS) is 15.0. The first kappa shape index (κ1) is 13.6. The Kier molecular flexibility index (Phi) is 3.39.